The Hall–Kier alpha value is -3.16. The Bertz CT molecular complexity index is 1430. The molecule has 3 rings (SSSR count). The van der Waals surface area contributed by atoms with Crippen molar-refractivity contribution < 1.29 is 26.4 Å². The first-order valence-electron chi connectivity index (χ1n) is 8.68. The number of aromatic nitrogens is 2. The first-order chi connectivity index (χ1) is 14.8. The standard InChI is InChI=1S/C18H14ClF3N4O5S/c1-26(8-15(27)23-9-2-4-12(19)11(6-9)18(20,21)22)32(30,31)10-3-5-13-14(7-10)25-17(29)16(28)24-13/h2-7H,8H2,1H3,(H,23,27)(H,24,28)(H,25,29). The lowest BCUT2D eigenvalue weighted by Crippen LogP contribution is -2.35. The predicted octanol–water partition coefficient (Wildman–Crippen LogP) is 2.15. The Morgan fingerprint density at radius 1 is 1.06 bits per heavy atom. The van der Waals surface area contributed by atoms with Crippen LogP contribution < -0.4 is 16.4 Å². The molecule has 3 aromatic rings. The Labute approximate surface area is 182 Å². The van der Waals surface area contributed by atoms with Crippen molar-refractivity contribution in [3.63, 3.8) is 0 Å². The summed E-state index contributed by atoms with van der Waals surface area (Å²) in [6.45, 7) is -0.716. The van der Waals surface area contributed by atoms with Crippen LogP contribution in [-0.4, -0.2) is 42.2 Å². The maximum absolute atomic E-state index is 13.0. The molecule has 0 saturated heterocycles. The van der Waals surface area contributed by atoms with E-state index in [0.717, 1.165) is 31.3 Å². The minimum Gasteiger partial charge on any atom is -0.325 e. The van der Waals surface area contributed by atoms with Gasteiger partial charge < -0.3 is 15.3 Å². The molecular formula is C18H14ClF3N4O5S. The van der Waals surface area contributed by atoms with Crippen molar-refractivity contribution >= 4 is 44.3 Å². The van der Waals surface area contributed by atoms with Crippen molar-refractivity contribution in [1.29, 1.82) is 0 Å². The van der Waals surface area contributed by atoms with E-state index in [1.807, 2.05) is 0 Å². The van der Waals surface area contributed by atoms with E-state index in [0.29, 0.717) is 10.4 Å². The van der Waals surface area contributed by atoms with E-state index in [2.05, 4.69) is 15.3 Å². The Balaban J connectivity index is 1.80. The molecule has 170 valence electrons. The van der Waals surface area contributed by atoms with E-state index in [1.54, 1.807) is 0 Å². The molecule has 14 heteroatoms. The largest absolute Gasteiger partial charge is 0.417 e. The number of likely N-dealkylation sites (N-methyl/N-ethyl adjacent to an activating group) is 1. The predicted molar refractivity (Wildman–Crippen MR) is 110 cm³/mol. The molecule has 0 atom stereocenters. The first-order valence-corrected chi connectivity index (χ1v) is 10.5. The lowest BCUT2D eigenvalue weighted by atomic mass is 10.2. The first kappa shape index (κ1) is 23.5. The lowest BCUT2D eigenvalue weighted by Gasteiger charge is -2.17. The fourth-order valence-electron chi connectivity index (χ4n) is 2.74. The van der Waals surface area contributed by atoms with Crippen molar-refractivity contribution in [2.45, 2.75) is 11.1 Å². The molecule has 3 N–H and O–H groups in total. The van der Waals surface area contributed by atoms with Crippen LogP contribution in [0.5, 0.6) is 0 Å². The quantitative estimate of drug-likeness (QED) is 0.471. The highest BCUT2D eigenvalue weighted by molar-refractivity contribution is 7.89. The number of H-pyrrole nitrogens is 2. The topological polar surface area (TPSA) is 132 Å². The zero-order valence-electron chi connectivity index (χ0n) is 16.1. The minimum atomic E-state index is -4.74. The van der Waals surface area contributed by atoms with Gasteiger partial charge >= 0.3 is 17.3 Å². The van der Waals surface area contributed by atoms with Crippen LogP contribution in [0.2, 0.25) is 5.02 Å². The van der Waals surface area contributed by atoms with Gasteiger partial charge in [0, 0.05) is 12.7 Å². The number of sulfonamides is 1. The van der Waals surface area contributed by atoms with E-state index in [9.17, 15) is 36.0 Å². The number of nitrogens with one attached hydrogen (secondary N) is 3. The third kappa shape index (κ3) is 4.84. The number of alkyl halides is 3. The SMILES string of the molecule is CN(CC(=O)Nc1ccc(Cl)c(C(F)(F)F)c1)S(=O)(=O)c1ccc2[nH]c(=O)c(=O)[nH]c2c1. The fraction of sp³-hybridized carbons (Fsp3) is 0.167. The molecule has 0 fully saturated rings. The number of hydrogen-bond acceptors (Lipinski definition) is 5. The molecule has 0 unspecified atom stereocenters. The molecule has 0 aliphatic rings. The molecule has 1 aromatic heterocycles. The van der Waals surface area contributed by atoms with E-state index in [-0.39, 0.29) is 21.6 Å². The van der Waals surface area contributed by atoms with Gasteiger partial charge in [0.05, 0.1) is 33.1 Å². The molecule has 2 aromatic carbocycles. The van der Waals surface area contributed by atoms with E-state index < -0.39 is 50.4 Å². The third-order valence-corrected chi connectivity index (χ3v) is 6.45. The number of rotatable bonds is 5. The molecular weight excluding hydrogens is 477 g/mol. The average molecular weight is 491 g/mol. The number of benzene rings is 2. The molecule has 0 spiro atoms. The van der Waals surface area contributed by atoms with Crippen LogP contribution in [0.3, 0.4) is 0 Å². The van der Waals surface area contributed by atoms with Crippen LogP contribution in [0, 0.1) is 0 Å². The van der Waals surface area contributed by atoms with Crippen molar-refractivity contribution in [2.24, 2.45) is 0 Å². The van der Waals surface area contributed by atoms with Crippen LogP contribution in [0.4, 0.5) is 18.9 Å². The second kappa shape index (κ2) is 8.41. The summed E-state index contributed by atoms with van der Waals surface area (Å²) in [5.41, 5.74) is -3.00. The molecule has 32 heavy (non-hydrogen) atoms. The molecule has 0 saturated carbocycles. The van der Waals surface area contributed by atoms with Gasteiger partial charge in [0.2, 0.25) is 15.9 Å². The molecule has 9 nitrogen and oxygen atoms in total. The van der Waals surface area contributed by atoms with Gasteiger partial charge in [-0.15, -0.1) is 0 Å². The minimum absolute atomic E-state index is 0.0503. The summed E-state index contributed by atoms with van der Waals surface area (Å²) in [5, 5.41) is 1.64. The van der Waals surface area contributed by atoms with Gasteiger partial charge in [-0.05, 0) is 36.4 Å². The number of nitrogens with zero attached hydrogens (tertiary/aromatic N) is 1. The zero-order valence-corrected chi connectivity index (χ0v) is 17.7. The summed E-state index contributed by atoms with van der Waals surface area (Å²) in [6, 6.07) is 6.26. The maximum Gasteiger partial charge on any atom is 0.417 e. The molecule has 0 bridgehead atoms. The highest BCUT2D eigenvalue weighted by Crippen LogP contribution is 2.36. The Kier molecular flexibility index (Phi) is 6.18. The van der Waals surface area contributed by atoms with Crippen molar-refractivity contribution in [3.05, 3.63) is 67.7 Å². The van der Waals surface area contributed by atoms with E-state index >= 15 is 0 Å². The van der Waals surface area contributed by atoms with Gasteiger partial charge in [-0.1, -0.05) is 11.6 Å². The van der Waals surface area contributed by atoms with Gasteiger partial charge in [-0.2, -0.15) is 17.5 Å². The second-order valence-electron chi connectivity index (χ2n) is 6.62. The second-order valence-corrected chi connectivity index (χ2v) is 9.07. The normalized spacial score (nSPS) is 12.3. The molecule has 1 heterocycles. The van der Waals surface area contributed by atoms with Gasteiger partial charge in [-0.3, -0.25) is 14.4 Å². The van der Waals surface area contributed by atoms with Crippen molar-refractivity contribution in [2.75, 3.05) is 18.9 Å². The number of hydrogen-bond donors (Lipinski definition) is 3. The van der Waals surface area contributed by atoms with Crippen LogP contribution in [-0.2, 0) is 21.0 Å². The van der Waals surface area contributed by atoms with Gasteiger partial charge in [0.25, 0.3) is 0 Å². The highest BCUT2D eigenvalue weighted by Gasteiger charge is 2.33. The number of carbonyl (C=O) groups is 1. The molecule has 1 amide bonds. The number of fused-ring (bicyclic) bond motifs is 1. The summed E-state index contributed by atoms with van der Waals surface area (Å²) in [7, 11) is -3.13. The number of aromatic amines is 2. The summed E-state index contributed by atoms with van der Waals surface area (Å²) in [4.78, 5) is 39.3. The number of carbonyl (C=O) groups excluding carboxylic acids is 1. The maximum atomic E-state index is 13.0. The van der Waals surface area contributed by atoms with Crippen LogP contribution in [0.1, 0.15) is 5.56 Å². The summed E-state index contributed by atoms with van der Waals surface area (Å²) in [5.74, 6) is -0.898. The Morgan fingerprint density at radius 2 is 1.69 bits per heavy atom. The lowest BCUT2D eigenvalue weighted by molar-refractivity contribution is -0.137. The fourth-order valence-corrected chi connectivity index (χ4v) is 4.12. The number of halogens is 4. The van der Waals surface area contributed by atoms with Crippen LogP contribution >= 0.6 is 11.6 Å². The van der Waals surface area contributed by atoms with Crippen molar-refractivity contribution in [1.82, 2.24) is 14.3 Å². The Morgan fingerprint density at radius 3 is 2.31 bits per heavy atom. The molecule has 0 radical (unpaired) electrons. The summed E-state index contributed by atoms with van der Waals surface area (Å²) >= 11 is 5.53. The van der Waals surface area contributed by atoms with Gasteiger partial charge in [0.1, 0.15) is 0 Å². The van der Waals surface area contributed by atoms with Gasteiger partial charge in [-0.25, -0.2) is 8.42 Å². The molecule has 0 aliphatic carbocycles. The molecule has 0 aliphatic heterocycles. The summed E-state index contributed by atoms with van der Waals surface area (Å²) < 4.78 is 65.1. The monoisotopic (exact) mass is 490 g/mol. The zero-order chi connectivity index (χ0) is 23.8. The van der Waals surface area contributed by atoms with E-state index in [4.69, 9.17) is 11.6 Å². The van der Waals surface area contributed by atoms with Gasteiger partial charge in [0.15, 0.2) is 0 Å². The highest BCUT2D eigenvalue weighted by atomic mass is 35.5. The number of amides is 1. The smallest absolute Gasteiger partial charge is 0.325 e. The number of anilines is 1. The average Bonchev–Trinajstić information content (AvgIpc) is 2.69. The van der Waals surface area contributed by atoms with Crippen LogP contribution in [0.15, 0.2) is 50.9 Å². The third-order valence-electron chi connectivity index (χ3n) is 4.32. The van der Waals surface area contributed by atoms with Crippen molar-refractivity contribution in [3.8, 4) is 0 Å². The summed E-state index contributed by atoms with van der Waals surface area (Å²) in [6.07, 6.45) is -4.74. The van der Waals surface area contributed by atoms with E-state index in [1.165, 1.54) is 6.07 Å². The van der Waals surface area contributed by atoms with Crippen LogP contribution in [0.25, 0.3) is 11.0 Å².